The second-order valence-electron chi connectivity index (χ2n) is 4.46. The number of aliphatic hydroxyl groups is 2. The van der Waals surface area contributed by atoms with Crippen LogP contribution in [0.25, 0.3) is 0 Å². The predicted octanol–water partition coefficient (Wildman–Crippen LogP) is 3.02. The third-order valence-electron chi connectivity index (χ3n) is 3.38. The molecule has 0 aliphatic heterocycles. The first kappa shape index (κ1) is 12.8. The lowest BCUT2D eigenvalue weighted by atomic mass is 9.82. The van der Waals surface area contributed by atoms with Crippen molar-refractivity contribution in [3.8, 4) is 0 Å². The van der Waals surface area contributed by atoms with Crippen LogP contribution in [0.3, 0.4) is 0 Å². The van der Waals surface area contributed by atoms with Crippen molar-refractivity contribution >= 4 is 0 Å². The van der Waals surface area contributed by atoms with E-state index in [4.69, 9.17) is 0 Å². The molecule has 0 saturated heterocycles. The maximum atomic E-state index is 10.8. The number of rotatable bonds is 4. The monoisotopic (exact) mass is 242 g/mol. The number of benzene rings is 2. The summed E-state index contributed by atoms with van der Waals surface area (Å²) in [4.78, 5) is 0. The van der Waals surface area contributed by atoms with Gasteiger partial charge in [-0.05, 0) is 17.5 Å². The average molecular weight is 242 g/mol. The molecule has 0 fully saturated rings. The van der Waals surface area contributed by atoms with Crippen LogP contribution in [0.15, 0.2) is 60.7 Å². The summed E-state index contributed by atoms with van der Waals surface area (Å²) in [7, 11) is 0. The van der Waals surface area contributed by atoms with E-state index in [1.165, 1.54) is 0 Å². The molecule has 0 aliphatic rings. The summed E-state index contributed by atoms with van der Waals surface area (Å²) in [5.41, 5.74) is 0.220. The molecule has 0 aromatic heterocycles. The van der Waals surface area contributed by atoms with Crippen molar-refractivity contribution in [1.82, 2.24) is 0 Å². The lowest BCUT2D eigenvalue weighted by molar-refractivity contribution is -0.0858. The first-order valence-corrected chi connectivity index (χ1v) is 6.19. The van der Waals surface area contributed by atoms with E-state index in [1.807, 2.05) is 67.6 Å². The molecule has 2 N–H and O–H groups in total. The first-order chi connectivity index (χ1) is 8.68. The molecule has 18 heavy (non-hydrogen) atoms. The van der Waals surface area contributed by atoms with Gasteiger partial charge in [0.1, 0.15) is 11.7 Å². The zero-order valence-corrected chi connectivity index (χ0v) is 10.5. The molecule has 0 aliphatic carbocycles. The normalized spacial score (nSPS) is 15.9. The lowest BCUT2D eigenvalue weighted by Crippen LogP contribution is -2.32. The SMILES string of the molecule is CCC(O)(c1ccccc1)C(O)c1ccccc1. The van der Waals surface area contributed by atoms with Crippen LogP contribution in [-0.4, -0.2) is 10.2 Å². The standard InChI is InChI=1S/C16H18O2/c1-2-16(18,14-11-7-4-8-12-14)15(17)13-9-5-3-6-10-13/h3-12,15,17-18H,2H2,1H3. The van der Waals surface area contributed by atoms with E-state index in [0.717, 1.165) is 11.1 Å². The van der Waals surface area contributed by atoms with Gasteiger partial charge in [0.15, 0.2) is 0 Å². The summed E-state index contributed by atoms with van der Waals surface area (Å²) >= 11 is 0. The highest BCUT2D eigenvalue weighted by Crippen LogP contribution is 2.37. The second-order valence-corrected chi connectivity index (χ2v) is 4.46. The van der Waals surface area contributed by atoms with Crippen LogP contribution >= 0.6 is 0 Å². The van der Waals surface area contributed by atoms with Crippen LogP contribution in [0.5, 0.6) is 0 Å². The maximum Gasteiger partial charge on any atom is 0.119 e. The summed E-state index contributed by atoms with van der Waals surface area (Å²) < 4.78 is 0. The zero-order valence-electron chi connectivity index (χ0n) is 10.5. The van der Waals surface area contributed by atoms with Crippen LogP contribution in [0.4, 0.5) is 0 Å². The van der Waals surface area contributed by atoms with Crippen LogP contribution < -0.4 is 0 Å². The molecule has 0 saturated carbocycles. The van der Waals surface area contributed by atoms with Gasteiger partial charge in [-0.15, -0.1) is 0 Å². The second kappa shape index (κ2) is 5.34. The Kier molecular flexibility index (Phi) is 3.80. The fraction of sp³-hybridized carbons (Fsp3) is 0.250. The predicted molar refractivity (Wildman–Crippen MR) is 72.0 cm³/mol. The van der Waals surface area contributed by atoms with Gasteiger partial charge in [0.05, 0.1) is 0 Å². The molecule has 0 radical (unpaired) electrons. The van der Waals surface area contributed by atoms with Gasteiger partial charge in [0.2, 0.25) is 0 Å². The minimum absolute atomic E-state index is 0.451. The fourth-order valence-corrected chi connectivity index (χ4v) is 2.19. The Hall–Kier alpha value is -1.64. The molecule has 2 nitrogen and oxygen atoms in total. The van der Waals surface area contributed by atoms with Crippen molar-refractivity contribution in [2.75, 3.05) is 0 Å². The van der Waals surface area contributed by atoms with Gasteiger partial charge in [0, 0.05) is 0 Å². The van der Waals surface area contributed by atoms with Crippen molar-refractivity contribution in [2.24, 2.45) is 0 Å². The quantitative estimate of drug-likeness (QED) is 0.865. The summed E-state index contributed by atoms with van der Waals surface area (Å²) in [6.07, 6.45) is -0.473. The number of hydrogen-bond donors (Lipinski definition) is 2. The molecule has 2 unspecified atom stereocenters. The molecule has 0 heterocycles. The Morgan fingerprint density at radius 3 is 1.94 bits per heavy atom. The van der Waals surface area contributed by atoms with Gasteiger partial charge in [0.25, 0.3) is 0 Å². The Morgan fingerprint density at radius 1 is 0.944 bits per heavy atom. The van der Waals surface area contributed by atoms with Crippen molar-refractivity contribution in [3.05, 3.63) is 71.8 Å². The molecular formula is C16H18O2. The molecular weight excluding hydrogens is 224 g/mol. The highest BCUT2D eigenvalue weighted by Gasteiger charge is 2.36. The highest BCUT2D eigenvalue weighted by atomic mass is 16.3. The van der Waals surface area contributed by atoms with E-state index in [1.54, 1.807) is 0 Å². The molecule has 0 bridgehead atoms. The van der Waals surface area contributed by atoms with E-state index in [-0.39, 0.29) is 0 Å². The first-order valence-electron chi connectivity index (χ1n) is 6.19. The Balaban J connectivity index is 2.39. The minimum atomic E-state index is -1.25. The summed E-state index contributed by atoms with van der Waals surface area (Å²) in [6.45, 7) is 1.87. The van der Waals surface area contributed by atoms with E-state index in [9.17, 15) is 10.2 Å². The largest absolute Gasteiger partial charge is 0.385 e. The van der Waals surface area contributed by atoms with E-state index in [0.29, 0.717) is 6.42 Å². The third kappa shape index (κ3) is 2.30. The van der Waals surface area contributed by atoms with Gasteiger partial charge in [-0.1, -0.05) is 67.6 Å². The molecule has 2 rings (SSSR count). The lowest BCUT2D eigenvalue weighted by Gasteiger charge is -2.33. The van der Waals surface area contributed by atoms with Gasteiger partial charge in [-0.25, -0.2) is 0 Å². The highest BCUT2D eigenvalue weighted by molar-refractivity contribution is 5.29. The molecule has 94 valence electrons. The topological polar surface area (TPSA) is 40.5 Å². The zero-order chi connectivity index (χ0) is 13.0. The summed E-state index contributed by atoms with van der Waals surface area (Å²) in [5, 5.41) is 21.2. The molecule has 2 heteroatoms. The van der Waals surface area contributed by atoms with Crippen molar-refractivity contribution in [3.63, 3.8) is 0 Å². The van der Waals surface area contributed by atoms with Crippen molar-refractivity contribution in [1.29, 1.82) is 0 Å². The minimum Gasteiger partial charge on any atom is -0.385 e. The van der Waals surface area contributed by atoms with Crippen molar-refractivity contribution < 1.29 is 10.2 Å². The summed E-state index contributed by atoms with van der Waals surface area (Å²) in [5.74, 6) is 0. The molecule has 2 aromatic rings. The van der Waals surface area contributed by atoms with Crippen molar-refractivity contribution in [2.45, 2.75) is 25.0 Å². The Bertz CT molecular complexity index is 481. The third-order valence-corrected chi connectivity index (χ3v) is 3.38. The smallest absolute Gasteiger partial charge is 0.119 e. The molecule has 2 aromatic carbocycles. The molecule has 2 atom stereocenters. The Morgan fingerprint density at radius 2 is 1.44 bits per heavy atom. The van der Waals surface area contributed by atoms with E-state index < -0.39 is 11.7 Å². The van der Waals surface area contributed by atoms with Crippen LogP contribution in [0, 0.1) is 0 Å². The molecule has 0 spiro atoms. The van der Waals surface area contributed by atoms with Crippen LogP contribution in [0.2, 0.25) is 0 Å². The Labute approximate surface area is 108 Å². The van der Waals surface area contributed by atoms with Crippen LogP contribution in [0.1, 0.15) is 30.6 Å². The average Bonchev–Trinajstić information content (AvgIpc) is 2.47. The molecule has 0 amide bonds. The number of aliphatic hydroxyl groups excluding tert-OH is 1. The van der Waals surface area contributed by atoms with Gasteiger partial charge < -0.3 is 10.2 Å². The van der Waals surface area contributed by atoms with Crippen LogP contribution in [-0.2, 0) is 5.60 Å². The van der Waals surface area contributed by atoms with E-state index in [2.05, 4.69) is 0 Å². The van der Waals surface area contributed by atoms with E-state index >= 15 is 0 Å². The fourth-order valence-electron chi connectivity index (χ4n) is 2.19. The maximum absolute atomic E-state index is 10.8. The summed E-state index contributed by atoms with van der Waals surface area (Å²) in [6, 6.07) is 18.6. The van der Waals surface area contributed by atoms with Gasteiger partial charge >= 0.3 is 0 Å². The van der Waals surface area contributed by atoms with Gasteiger partial charge in [-0.3, -0.25) is 0 Å². The van der Waals surface area contributed by atoms with Gasteiger partial charge in [-0.2, -0.15) is 0 Å². The number of hydrogen-bond acceptors (Lipinski definition) is 2.